The first kappa shape index (κ1) is 13.6. The Balaban J connectivity index is 2.57. The van der Waals surface area contributed by atoms with Crippen LogP contribution < -0.4 is 10.6 Å². The molecule has 0 aliphatic carbocycles. The molecule has 17 heavy (non-hydrogen) atoms. The van der Waals surface area contributed by atoms with Crippen molar-refractivity contribution in [1.82, 2.24) is 10.6 Å². The molecule has 1 aromatic carbocycles. The van der Waals surface area contributed by atoms with E-state index in [1.54, 1.807) is 6.92 Å². The number of amides is 1. The van der Waals surface area contributed by atoms with Gasteiger partial charge in [0.2, 0.25) is 5.91 Å². The van der Waals surface area contributed by atoms with E-state index in [-0.39, 0.29) is 18.5 Å². The first-order valence-electron chi connectivity index (χ1n) is 5.49. The minimum atomic E-state index is -0.610. The third-order valence-electron chi connectivity index (χ3n) is 2.37. The van der Waals surface area contributed by atoms with Crippen molar-refractivity contribution in [2.75, 3.05) is 13.1 Å². The molecule has 3 nitrogen and oxygen atoms in total. The molecule has 0 radical (unpaired) electrons. The molecule has 1 amide bonds. The fourth-order valence-electron chi connectivity index (χ4n) is 1.47. The van der Waals surface area contributed by atoms with Crippen molar-refractivity contribution in [3.05, 3.63) is 35.4 Å². The number of rotatable bonds is 5. The molecule has 0 aliphatic rings. The van der Waals surface area contributed by atoms with E-state index in [1.807, 2.05) is 6.92 Å². The predicted octanol–water partition coefficient (Wildman–Crippen LogP) is 1.75. The van der Waals surface area contributed by atoms with Crippen molar-refractivity contribution < 1.29 is 13.6 Å². The lowest BCUT2D eigenvalue weighted by Gasteiger charge is -2.14. The molecule has 0 bridgehead atoms. The maximum Gasteiger partial charge on any atom is 0.233 e. The van der Waals surface area contributed by atoms with Gasteiger partial charge in [0.25, 0.3) is 0 Å². The number of hydrogen-bond acceptors (Lipinski definition) is 2. The smallest absolute Gasteiger partial charge is 0.233 e. The summed E-state index contributed by atoms with van der Waals surface area (Å²) in [7, 11) is 0. The van der Waals surface area contributed by atoms with E-state index in [0.717, 1.165) is 6.07 Å². The van der Waals surface area contributed by atoms with Gasteiger partial charge in [-0.05, 0) is 19.9 Å². The van der Waals surface area contributed by atoms with Crippen LogP contribution in [0.15, 0.2) is 18.2 Å². The monoisotopic (exact) mass is 242 g/mol. The highest BCUT2D eigenvalue weighted by atomic mass is 19.1. The highest BCUT2D eigenvalue weighted by molar-refractivity contribution is 5.77. The van der Waals surface area contributed by atoms with E-state index in [9.17, 15) is 13.6 Å². The van der Waals surface area contributed by atoms with E-state index in [4.69, 9.17) is 0 Å². The number of likely N-dealkylation sites (N-methyl/N-ethyl adjacent to an activating group) is 1. The summed E-state index contributed by atoms with van der Waals surface area (Å²) in [6.07, 6.45) is 0. The van der Waals surface area contributed by atoms with Crippen LogP contribution in [0.4, 0.5) is 8.78 Å². The number of carbonyl (C=O) groups is 1. The van der Waals surface area contributed by atoms with Crippen LogP contribution in [-0.2, 0) is 4.79 Å². The number of carbonyl (C=O) groups excluding carboxylic acids is 1. The molecule has 0 aromatic heterocycles. The van der Waals surface area contributed by atoms with Crippen LogP contribution in [0.25, 0.3) is 0 Å². The van der Waals surface area contributed by atoms with Crippen LogP contribution in [-0.4, -0.2) is 19.0 Å². The van der Waals surface area contributed by atoms with Crippen molar-refractivity contribution in [3.63, 3.8) is 0 Å². The molecule has 1 aromatic rings. The maximum atomic E-state index is 13.4. The Hall–Kier alpha value is -1.49. The van der Waals surface area contributed by atoms with Gasteiger partial charge in [-0.1, -0.05) is 6.07 Å². The van der Waals surface area contributed by atoms with Crippen LogP contribution in [0.1, 0.15) is 25.5 Å². The number of halogens is 2. The molecule has 2 N–H and O–H groups in total. The van der Waals surface area contributed by atoms with Gasteiger partial charge in [-0.15, -0.1) is 0 Å². The second kappa shape index (κ2) is 6.30. The Morgan fingerprint density at radius 2 is 2.12 bits per heavy atom. The van der Waals surface area contributed by atoms with Crippen molar-refractivity contribution >= 4 is 5.91 Å². The van der Waals surface area contributed by atoms with Gasteiger partial charge in [-0.3, -0.25) is 4.79 Å². The van der Waals surface area contributed by atoms with E-state index in [2.05, 4.69) is 10.6 Å². The van der Waals surface area contributed by atoms with E-state index in [1.165, 1.54) is 12.1 Å². The van der Waals surface area contributed by atoms with E-state index in [0.29, 0.717) is 12.1 Å². The molecule has 0 fully saturated rings. The SMILES string of the molecule is CCNC(=O)CN[C@H](C)c1ccc(F)cc1F. The average molecular weight is 242 g/mol. The van der Waals surface area contributed by atoms with Gasteiger partial charge < -0.3 is 10.6 Å². The Kier molecular flexibility index (Phi) is 5.03. The quantitative estimate of drug-likeness (QED) is 0.826. The zero-order valence-corrected chi connectivity index (χ0v) is 9.89. The van der Waals surface area contributed by atoms with Crippen molar-refractivity contribution in [2.45, 2.75) is 19.9 Å². The van der Waals surface area contributed by atoms with Crippen LogP contribution >= 0.6 is 0 Å². The van der Waals surface area contributed by atoms with Crippen LogP contribution in [0.3, 0.4) is 0 Å². The first-order valence-corrected chi connectivity index (χ1v) is 5.49. The fourth-order valence-corrected chi connectivity index (χ4v) is 1.47. The molecule has 0 spiro atoms. The van der Waals surface area contributed by atoms with E-state index < -0.39 is 11.6 Å². The summed E-state index contributed by atoms with van der Waals surface area (Å²) >= 11 is 0. The lowest BCUT2D eigenvalue weighted by atomic mass is 10.1. The summed E-state index contributed by atoms with van der Waals surface area (Å²) in [5.41, 5.74) is 0.343. The van der Waals surface area contributed by atoms with Gasteiger partial charge in [-0.2, -0.15) is 0 Å². The Morgan fingerprint density at radius 3 is 2.71 bits per heavy atom. The zero-order chi connectivity index (χ0) is 12.8. The summed E-state index contributed by atoms with van der Waals surface area (Å²) in [4.78, 5) is 11.2. The Labute approximate surface area is 99.2 Å². The van der Waals surface area contributed by atoms with Crippen LogP contribution in [0, 0.1) is 11.6 Å². The van der Waals surface area contributed by atoms with Gasteiger partial charge >= 0.3 is 0 Å². The molecule has 5 heteroatoms. The number of hydrogen-bond donors (Lipinski definition) is 2. The second-order valence-corrected chi connectivity index (χ2v) is 3.72. The molecule has 0 saturated carbocycles. The van der Waals surface area contributed by atoms with Gasteiger partial charge in [0.1, 0.15) is 11.6 Å². The molecule has 1 rings (SSSR count). The number of nitrogens with one attached hydrogen (secondary N) is 2. The minimum absolute atomic E-state index is 0.103. The van der Waals surface area contributed by atoms with Gasteiger partial charge in [0.15, 0.2) is 0 Å². The molecule has 94 valence electrons. The summed E-state index contributed by atoms with van der Waals surface area (Å²) in [6.45, 7) is 4.20. The second-order valence-electron chi connectivity index (χ2n) is 3.72. The van der Waals surface area contributed by atoms with Crippen molar-refractivity contribution in [1.29, 1.82) is 0 Å². The Morgan fingerprint density at radius 1 is 1.41 bits per heavy atom. The minimum Gasteiger partial charge on any atom is -0.355 e. The van der Waals surface area contributed by atoms with Crippen LogP contribution in [0.5, 0.6) is 0 Å². The van der Waals surface area contributed by atoms with Gasteiger partial charge in [0, 0.05) is 24.2 Å². The lowest BCUT2D eigenvalue weighted by molar-refractivity contribution is -0.120. The molecule has 1 atom stereocenters. The maximum absolute atomic E-state index is 13.4. The highest BCUT2D eigenvalue weighted by Crippen LogP contribution is 2.17. The normalized spacial score (nSPS) is 12.2. The highest BCUT2D eigenvalue weighted by Gasteiger charge is 2.12. The molecular formula is C12H16F2N2O. The third-order valence-corrected chi connectivity index (χ3v) is 2.37. The summed E-state index contributed by atoms with van der Waals surface area (Å²) < 4.78 is 26.1. The topological polar surface area (TPSA) is 41.1 Å². The average Bonchev–Trinajstić information content (AvgIpc) is 2.26. The van der Waals surface area contributed by atoms with Crippen molar-refractivity contribution in [3.8, 4) is 0 Å². The molecule has 0 heterocycles. The summed E-state index contributed by atoms with van der Waals surface area (Å²) in [5.74, 6) is -1.37. The fraction of sp³-hybridized carbons (Fsp3) is 0.417. The lowest BCUT2D eigenvalue weighted by Crippen LogP contribution is -2.35. The Bertz CT molecular complexity index is 396. The molecule has 0 saturated heterocycles. The summed E-state index contributed by atoms with van der Waals surface area (Å²) in [6, 6.07) is 3.06. The summed E-state index contributed by atoms with van der Waals surface area (Å²) in [5, 5.41) is 5.49. The molecule has 0 aliphatic heterocycles. The number of benzene rings is 1. The standard InChI is InChI=1S/C12H16F2N2O/c1-3-15-12(17)7-16-8(2)10-5-4-9(13)6-11(10)14/h4-6,8,16H,3,7H2,1-2H3,(H,15,17)/t8-/m1/s1. The zero-order valence-electron chi connectivity index (χ0n) is 9.89. The first-order chi connectivity index (χ1) is 8.04. The van der Waals surface area contributed by atoms with Gasteiger partial charge in [0.05, 0.1) is 6.54 Å². The van der Waals surface area contributed by atoms with Gasteiger partial charge in [-0.25, -0.2) is 8.78 Å². The van der Waals surface area contributed by atoms with Crippen LogP contribution in [0.2, 0.25) is 0 Å². The predicted molar refractivity (Wildman–Crippen MR) is 61.5 cm³/mol. The largest absolute Gasteiger partial charge is 0.355 e. The third kappa shape index (κ3) is 4.11. The van der Waals surface area contributed by atoms with E-state index >= 15 is 0 Å². The van der Waals surface area contributed by atoms with Crippen molar-refractivity contribution in [2.24, 2.45) is 0 Å². The molecule has 0 unspecified atom stereocenters. The molecular weight excluding hydrogens is 226 g/mol.